The van der Waals surface area contributed by atoms with Crippen LogP contribution in [0.5, 0.6) is 0 Å². The minimum atomic E-state index is -3.83. The second-order valence-corrected chi connectivity index (χ2v) is 8.63. The zero-order valence-corrected chi connectivity index (χ0v) is 17.3. The third kappa shape index (κ3) is 5.69. The molecule has 8 nitrogen and oxygen atoms in total. The van der Waals surface area contributed by atoms with Crippen molar-refractivity contribution >= 4 is 33.9 Å². The topological polar surface area (TPSA) is 118 Å². The van der Waals surface area contributed by atoms with E-state index in [0.717, 1.165) is 5.56 Å². The number of nitrogens with one attached hydrogen (secondary N) is 1. The highest BCUT2D eigenvalue weighted by Crippen LogP contribution is 2.23. The molecular weight excluding hydrogens is 428 g/mol. The van der Waals surface area contributed by atoms with Crippen LogP contribution in [0.1, 0.15) is 17.1 Å². The predicted molar refractivity (Wildman–Crippen MR) is 113 cm³/mol. The van der Waals surface area contributed by atoms with E-state index in [4.69, 9.17) is 21.8 Å². The zero-order chi connectivity index (χ0) is 21.6. The first kappa shape index (κ1) is 21.6. The van der Waals surface area contributed by atoms with Crippen molar-refractivity contribution < 1.29 is 17.6 Å². The van der Waals surface area contributed by atoms with E-state index in [-0.39, 0.29) is 18.0 Å². The lowest BCUT2D eigenvalue weighted by Crippen LogP contribution is -2.30. The number of furan rings is 1. The molecule has 0 radical (unpaired) electrons. The maximum Gasteiger partial charge on any atom is 0.332 e. The molecule has 0 atom stereocenters. The minimum Gasteiger partial charge on any atom is -0.459 e. The number of halogens is 1. The summed E-state index contributed by atoms with van der Waals surface area (Å²) >= 11 is 5.90. The van der Waals surface area contributed by atoms with Crippen molar-refractivity contribution in [1.29, 1.82) is 0 Å². The van der Waals surface area contributed by atoms with Crippen molar-refractivity contribution in [3.8, 4) is 0 Å². The van der Waals surface area contributed by atoms with Gasteiger partial charge in [0.25, 0.3) is 0 Å². The van der Waals surface area contributed by atoms with Gasteiger partial charge in [0.05, 0.1) is 17.7 Å². The van der Waals surface area contributed by atoms with E-state index in [1.165, 1.54) is 34.8 Å². The maximum atomic E-state index is 13.3. The van der Waals surface area contributed by atoms with E-state index < -0.39 is 16.1 Å². The van der Waals surface area contributed by atoms with Crippen molar-refractivity contribution in [2.24, 2.45) is 10.8 Å². The van der Waals surface area contributed by atoms with Crippen LogP contribution in [-0.2, 0) is 23.1 Å². The molecule has 0 spiro atoms. The molecule has 1 aromatic heterocycles. The van der Waals surface area contributed by atoms with Crippen molar-refractivity contribution in [2.45, 2.75) is 18.0 Å². The fourth-order valence-electron chi connectivity index (χ4n) is 2.65. The molecule has 0 aliphatic carbocycles. The number of primary amides is 1. The Kier molecular flexibility index (Phi) is 6.88. The van der Waals surface area contributed by atoms with E-state index in [1.807, 2.05) is 30.3 Å². The Morgan fingerprint density at radius 3 is 2.43 bits per heavy atom. The van der Waals surface area contributed by atoms with Crippen LogP contribution in [0.2, 0.25) is 5.02 Å². The van der Waals surface area contributed by atoms with Crippen molar-refractivity contribution in [3.63, 3.8) is 0 Å². The standard InChI is InChI=1S/C20H19ClN4O4S/c21-16-6-10-19(11-7-16)30(27,28)25(13-15-4-2-1-3-5-15)14-18-9-8-17(29-18)12-23-24-20(22)26/h1-12H,13-14H2,(H3,22,24,26)/b23-12+. The molecule has 0 fully saturated rings. The number of hydrogen-bond donors (Lipinski definition) is 2. The Balaban J connectivity index is 1.86. The smallest absolute Gasteiger partial charge is 0.332 e. The Morgan fingerprint density at radius 2 is 1.77 bits per heavy atom. The van der Waals surface area contributed by atoms with Crippen LogP contribution < -0.4 is 11.2 Å². The molecular formula is C20H19ClN4O4S. The number of nitrogens with two attached hydrogens (primary N) is 1. The first-order valence-electron chi connectivity index (χ1n) is 8.81. The first-order chi connectivity index (χ1) is 14.3. The van der Waals surface area contributed by atoms with Crippen LogP contribution in [0.15, 0.2) is 81.1 Å². The number of amides is 2. The molecule has 3 N–H and O–H groups in total. The van der Waals surface area contributed by atoms with E-state index in [9.17, 15) is 13.2 Å². The summed E-state index contributed by atoms with van der Waals surface area (Å²) in [6.45, 7) is 0.149. The van der Waals surface area contributed by atoms with Gasteiger partial charge in [-0.05, 0) is 42.0 Å². The van der Waals surface area contributed by atoms with Crippen LogP contribution in [0.4, 0.5) is 4.79 Å². The van der Waals surface area contributed by atoms with E-state index in [2.05, 4.69) is 10.5 Å². The van der Waals surface area contributed by atoms with Crippen LogP contribution in [0, 0.1) is 0 Å². The molecule has 10 heteroatoms. The quantitative estimate of drug-likeness (QED) is 0.407. The lowest BCUT2D eigenvalue weighted by molar-refractivity contribution is 0.249. The zero-order valence-electron chi connectivity index (χ0n) is 15.7. The molecule has 0 unspecified atom stereocenters. The predicted octanol–water partition coefficient (Wildman–Crippen LogP) is 3.33. The number of urea groups is 1. The number of sulfonamides is 1. The Bertz CT molecular complexity index is 1130. The summed E-state index contributed by atoms with van der Waals surface area (Å²) in [4.78, 5) is 10.8. The summed E-state index contributed by atoms with van der Waals surface area (Å²) in [6.07, 6.45) is 1.27. The van der Waals surface area contributed by atoms with Gasteiger partial charge >= 0.3 is 6.03 Å². The summed E-state index contributed by atoms with van der Waals surface area (Å²) in [5, 5.41) is 4.07. The highest BCUT2D eigenvalue weighted by atomic mass is 35.5. The third-order valence-electron chi connectivity index (χ3n) is 4.03. The van der Waals surface area contributed by atoms with E-state index in [1.54, 1.807) is 12.1 Å². The lowest BCUT2D eigenvalue weighted by atomic mass is 10.2. The lowest BCUT2D eigenvalue weighted by Gasteiger charge is -2.21. The van der Waals surface area contributed by atoms with Crippen LogP contribution in [-0.4, -0.2) is 25.0 Å². The van der Waals surface area contributed by atoms with Gasteiger partial charge in [-0.25, -0.2) is 18.6 Å². The summed E-state index contributed by atoms with van der Waals surface area (Å²) in [5.74, 6) is 0.742. The van der Waals surface area contributed by atoms with Gasteiger partial charge in [-0.1, -0.05) is 41.9 Å². The van der Waals surface area contributed by atoms with Gasteiger partial charge in [0.2, 0.25) is 10.0 Å². The fourth-order valence-corrected chi connectivity index (χ4v) is 4.17. The average molecular weight is 447 g/mol. The van der Waals surface area contributed by atoms with E-state index >= 15 is 0 Å². The number of hydrogen-bond acceptors (Lipinski definition) is 5. The van der Waals surface area contributed by atoms with Gasteiger partial charge in [-0.15, -0.1) is 0 Å². The Hall–Kier alpha value is -3.14. The molecule has 30 heavy (non-hydrogen) atoms. The van der Waals surface area contributed by atoms with Crippen LogP contribution in [0.25, 0.3) is 0 Å². The molecule has 2 amide bonds. The Labute approximate surface area is 179 Å². The van der Waals surface area contributed by atoms with Crippen LogP contribution in [0.3, 0.4) is 0 Å². The van der Waals surface area contributed by atoms with Gasteiger partial charge in [0, 0.05) is 11.6 Å². The number of hydrazone groups is 1. The van der Waals surface area contributed by atoms with E-state index in [0.29, 0.717) is 16.5 Å². The van der Waals surface area contributed by atoms with Gasteiger partial charge in [-0.3, -0.25) is 0 Å². The SMILES string of the molecule is NC(=O)N/N=C/c1ccc(CN(Cc2ccccc2)S(=O)(=O)c2ccc(Cl)cc2)o1. The number of carbonyl (C=O) groups is 1. The third-order valence-corrected chi connectivity index (χ3v) is 6.09. The molecule has 0 saturated carbocycles. The van der Waals surface area contributed by atoms with Crippen molar-refractivity contribution in [3.05, 3.63) is 88.8 Å². The number of rotatable bonds is 8. The van der Waals surface area contributed by atoms with Gasteiger partial charge in [0.1, 0.15) is 11.5 Å². The minimum absolute atomic E-state index is 0.00303. The highest BCUT2D eigenvalue weighted by molar-refractivity contribution is 7.89. The molecule has 0 aliphatic rings. The first-order valence-corrected chi connectivity index (χ1v) is 10.6. The van der Waals surface area contributed by atoms with Gasteiger partial charge < -0.3 is 10.2 Å². The highest BCUT2D eigenvalue weighted by Gasteiger charge is 2.26. The molecule has 0 aliphatic heterocycles. The number of nitrogens with zero attached hydrogens (tertiary/aromatic N) is 2. The van der Waals surface area contributed by atoms with Crippen molar-refractivity contribution in [2.75, 3.05) is 0 Å². The molecule has 156 valence electrons. The molecule has 1 heterocycles. The molecule has 0 saturated heterocycles. The summed E-state index contributed by atoms with van der Waals surface area (Å²) in [6, 6.07) is 17.7. The van der Waals surface area contributed by atoms with Gasteiger partial charge in [0.15, 0.2) is 0 Å². The number of carbonyl (C=O) groups excluding carboxylic acids is 1. The summed E-state index contributed by atoms with van der Waals surface area (Å²) in [7, 11) is -3.83. The normalized spacial score (nSPS) is 11.8. The Morgan fingerprint density at radius 1 is 1.07 bits per heavy atom. The molecule has 3 rings (SSSR count). The average Bonchev–Trinajstić information content (AvgIpc) is 3.16. The summed E-state index contributed by atoms with van der Waals surface area (Å²) < 4.78 is 33.4. The molecule has 0 bridgehead atoms. The second-order valence-electron chi connectivity index (χ2n) is 6.25. The molecule has 2 aromatic carbocycles. The second kappa shape index (κ2) is 9.57. The maximum absolute atomic E-state index is 13.3. The fraction of sp³-hybridized carbons (Fsp3) is 0.100. The van der Waals surface area contributed by atoms with Crippen LogP contribution >= 0.6 is 11.6 Å². The summed E-state index contributed by atoms with van der Waals surface area (Å²) in [5.41, 5.74) is 7.82. The monoisotopic (exact) mass is 446 g/mol. The van der Waals surface area contributed by atoms with Crippen molar-refractivity contribution in [1.82, 2.24) is 9.73 Å². The number of benzene rings is 2. The largest absolute Gasteiger partial charge is 0.459 e. The van der Waals surface area contributed by atoms with Gasteiger partial charge in [-0.2, -0.15) is 9.41 Å². The molecule has 3 aromatic rings.